The third-order valence-electron chi connectivity index (χ3n) is 5.53. The smallest absolute Gasteiger partial charge is 0.119 e. The van der Waals surface area contributed by atoms with Crippen molar-refractivity contribution in [2.45, 2.75) is 32.8 Å². The maximum Gasteiger partial charge on any atom is 0.119 e. The van der Waals surface area contributed by atoms with Gasteiger partial charge in [0.2, 0.25) is 0 Å². The minimum atomic E-state index is 0.543. The number of benzene rings is 4. The van der Waals surface area contributed by atoms with Crippen molar-refractivity contribution in [1.82, 2.24) is 0 Å². The van der Waals surface area contributed by atoms with Crippen LogP contribution in [0.15, 0.2) is 103 Å². The summed E-state index contributed by atoms with van der Waals surface area (Å²) in [4.78, 5) is 0. The zero-order valence-corrected chi connectivity index (χ0v) is 18.7. The summed E-state index contributed by atoms with van der Waals surface area (Å²) in [6.07, 6.45) is 3.53. The molecule has 4 aromatic carbocycles. The van der Waals surface area contributed by atoms with Crippen LogP contribution in [0.2, 0.25) is 0 Å². The molecule has 0 unspecified atom stereocenters. The Kier molecular flexibility index (Phi) is 7.60. The molecule has 0 aromatic heterocycles. The molecule has 4 rings (SSSR count). The van der Waals surface area contributed by atoms with E-state index in [-0.39, 0.29) is 0 Å². The summed E-state index contributed by atoms with van der Waals surface area (Å²) in [5.41, 5.74) is 5.98. The highest BCUT2D eigenvalue weighted by molar-refractivity contribution is 5.70. The van der Waals surface area contributed by atoms with Crippen LogP contribution in [0.1, 0.15) is 31.7 Å². The highest BCUT2D eigenvalue weighted by Crippen LogP contribution is 2.26. The van der Waals surface area contributed by atoms with Gasteiger partial charge in [-0.25, -0.2) is 0 Å². The van der Waals surface area contributed by atoms with Gasteiger partial charge in [0.1, 0.15) is 18.1 Å². The molecule has 0 aliphatic carbocycles. The molecule has 162 valence electrons. The molecule has 0 aliphatic heterocycles. The van der Waals surface area contributed by atoms with E-state index >= 15 is 0 Å². The van der Waals surface area contributed by atoms with Gasteiger partial charge in [0.15, 0.2) is 0 Å². The van der Waals surface area contributed by atoms with Crippen molar-refractivity contribution < 1.29 is 9.47 Å². The highest BCUT2D eigenvalue weighted by atomic mass is 16.5. The molecular weight excluding hydrogens is 392 g/mol. The SMILES string of the molecule is CCCCCOc1ccc(COc2ccc(-c3ccc(-c4ccccc4)cc3)cc2)cc1. The number of ether oxygens (including phenoxy) is 2. The quantitative estimate of drug-likeness (QED) is 0.240. The fourth-order valence-electron chi connectivity index (χ4n) is 3.62. The average Bonchev–Trinajstić information content (AvgIpc) is 2.87. The predicted molar refractivity (Wildman–Crippen MR) is 133 cm³/mol. The molecule has 0 amide bonds. The molecule has 0 aliphatic rings. The van der Waals surface area contributed by atoms with E-state index < -0.39 is 0 Å². The second kappa shape index (κ2) is 11.2. The summed E-state index contributed by atoms with van der Waals surface area (Å²) in [7, 11) is 0. The minimum absolute atomic E-state index is 0.543. The zero-order valence-electron chi connectivity index (χ0n) is 18.7. The maximum absolute atomic E-state index is 5.97. The van der Waals surface area contributed by atoms with Crippen LogP contribution in [0.25, 0.3) is 22.3 Å². The van der Waals surface area contributed by atoms with Crippen LogP contribution in [-0.4, -0.2) is 6.61 Å². The Bertz CT molecular complexity index is 1070. The third-order valence-corrected chi connectivity index (χ3v) is 5.53. The molecule has 0 spiro atoms. The van der Waals surface area contributed by atoms with E-state index in [9.17, 15) is 0 Å². The van der Waals surface area contributed by atoms with Crippen LogP contribution in [0.4, 0.5) is 0 Å². The Morgan fingerprint density at radius 1 is 0.500 bits per heavy atom. The summed E-state index contributed by atoms with van der Waals surface area (Å²) >= 11 is 0. The Hall–Kier alpha value is -3.52. The minimum Gasteiger partial charge on any atom is -0.494 e. The summed E-state index contributed by atoms with van der Waals surface area (Å²) in [6.45, 7) is 3.53. The number of hydrogen-bond donors (Lipinski definition) is 0. The van der Waals surface area contributed by atoms with Crippen LogP contribution < -0.4 is 9.47 Å². The van der Waals surface area contributed by atoms with Gasteiger partial charge in [-0.15, -0.1) is 0 Å². The van der Waals surface area contributed by atoms with Crippen molar-refractivity contribution in [3.63, 3.8) is 0 Å². The van der Waals surface area contributed by atoms with Crippen molar-refractivity contribution in [1.29, 1.82) is 0 Å². The largest absolute Gasteiger partial charge is 0.494 e. The van der Waals surface area contributed by atoms with Crippen molar-refractivity contribution >= 4 is 0 Å². The summed E-state index contributed by atoms with van der Waals surface area (Å²) in [5, 5.41) is 0. The average molecular weight is 423 g/mol. The molecule has 0 saturated carbocycles. The lowest BCUT2D eigenvalue weighted by molar-refractivity contribution is 0.301. The predicted octanol–water partition coefficient (Wildman–Crippen LogP) is 8.17. The Balaban J connectivity index is 1.30. The normalized spacial score (nSPS) is 10.7. The molecule has 0 heterocycles. The maximum atomic E-state index is 5.97. The van der Waals surface area contributed by atoms with E-state index in [0.717, 1.165) is 30.1 Å². The Morgan fingerprint density at radius 2 is 1.00 bits per heavy atom. The second-order valence-corrected chi connectivity index (χ2v) is 7.96. The third kappa shape index (κ3) is 6.01. The van der Waals surface area contributed by atoms with Gasteiger partial charge in [-0.1, -0.05) is 98.6 Å². The summed E-state index contributed by atoms with van der Waals surface area (Å²) < 4.78 is 11.7. The summed E-state index contributed by atoms with van der Waals surface area (Å²) in [6, 6.07) is 35.6. The summed E-state index contributed by atoms with van der Waals surface area (Å²) in [5.74, 6) is 1.79. The number of hydrogen-bond acceptors (Lipinski definition) is 2. The van der Waals surface area contributed by atoms with E-state index in [1.807, 2.05) is 30.3 Å². The van der Waals surface area contributed by atoms with Gasteiger partial charge in [0.05, 0.1) is 6.61 Å². The van der Waals surface area contributed by atoms with E-state index in [1.54, 1.807) is 0 Å². The molecule has 0 radical (unpaired) electrons. The first kappa shape index (κ1) is 21.7. The lowest BCUT2D eigenvalue weighted by atomic mass is 10.0. The van der Waals surface area contributed by atoms with Gasteiger partial charge in [0.25, 0.3) is 0 Å². The first-order chi connectivity index (χ1) is 15.8. The molecule has 0 bridgehead atoms. The van der Waals surface area contributed by atoms with Crippen molar-refractivity contribution in [3.05, 3.63) is 109 Å². The zero-order chi connectivity index (χ0) is 22.0. The van der Waals surface area contributed by atoms with Crippen LogP contribution in [0.5, 0.6) is 11.5 Å². The fraction of sp³-hybridized carbons (Fsp3) is 0.200. The first-order valence-corrected chi connectivity index (χ1v) is 11.4. The molecule has 0 N–H and O–H groups in total. The first-order valence-electron chi connectivity index (χ1n) is 11.4. The van der Waals surface area contributed by atoms with Gasteiger partial charge < -0.3 is 9.47 Å². The fourth-order valence-corrected chi connectivity index (χ4v) is 3.62. The lowest BCUT2D eigenvalue weighted by Gasteiger charge is -2.10. The Morgan fingerprint density at radius 3 is 1.59 bits per heavy atom. The van der Waals surface area contributed by atoms with Crippen molar-refractivity contribution in [3.8, 4) is 33.8 Å². The van der Waals surface area contributed by atoms with Gasteiger partial charge in [-0.3, -0.25) is 0 Å². The molecular formula is C30H30O2. The topological polar surface area (TPSA) is 18.5 Å². The molecule has 4 aromatic rings. The second-order valence-electron chi connectivity index (χ2n) is 7.96. The number of unbranched alkanes of at least 4 members (excludes halogenated alkanes) is 2. The standard InChI is InChI=1S/C30H30O2/c1-2-3-7-22-31-29-18-10-24(11-19-29)23-32-30-20-16-28(17-21-30)27-14-12-26(13-15-27)25-8-5-4-6-9-25/h4-6,8-21H,2-3,7,22-23H2,1H3. The molecule has 2 heteroatoms. The van der Waals surface area contributed by atoms with Crippen molar-refractivity contribution in [2.75, 3.05) is 6.61 Å². The molecule has 0 fully saturated rings. The lowest BCUT2D eigenvalue weighted by Crippen LogP contribution is -1.98. The number of rotatable bonds is 10. The molecule has 0 saturated heterocycles. The van der Waals surface area contributed by atoms with Crippen LogP contribution in [-0.2, 0) is 6.61 Å². The van der Waals surface area contributed by atoms with Crippen LogP contribution in [0.3, 0.4) is 0 Å². The van der Waals surface area contributed by atoms with E-state index in [4.69, 9.17) is 9.47 Å². The van der Waals surface area contributed by atoms with Gasteiger partial charge in [0, 0.05) is 0 Å². The monoisotopic (exact) mass is 422 g/mol. The van der Waals surface area contributed by atoms with Gasteiger partial charge in [-0.2, -0.15) is 0 Å². The van der Waals surface area contributed by atoms with Crippen molar-refractivity contribution in [2.24, 2.45) is 0 Å². The molecule has 2 nitrogen and oxygen atoms in total. The van der Waals surface area contributed by atoms with Crippen LogP contribution in [0, 0.1) is 0 Å². The molecule has 0 atom stereocenters. The highest BCUT2D eigenvalue weighted by Gasteiger charge is 2.02. The van der Waals surface area contributed by atoms with E-state index in [2.05, 4.69) is 79.7 Å². The van der Waals surface area contributed by atoms with E-state index in [1.165, 1.54) is 35.1 Å². The molecule has 32 heavy (non-hydrogen) atoms. The van der Waals surface area contributed by atoms with Gasteiger partial charge >= 0.3 is 0 Å². The Labute approximate surface area is 191 Å². The van der Waals surface area contributed by atoms with Crippen LogP contribution >= 0.6 is 0 Å². The van der Waals surface area contributed by atoms with E-state index in [0.29, 0.717) is 6.61 Å². The van der Waals surface area contributed by atoms with Gasteiger partial charge in [-0.05, 0) is 58.5 Å².